The Morgan fingerprint density at radius 2 is 1.02 bits per heavy atom. The maximum absolute atomic E-state index is 13.1. The lowest BCUT2D eigenvalue weighted by atomic mass is 9.83. The van der Waals surface area contributed by atoms with E-state index in [-0.39, 0.29) is 5.69 Å². The summed E-state index contributed by atoms with van der Waals surface area (Å²) in [4.78, 5) is 27.1. The molecule has 0 amide bonds. The predicted molar refractivity (Wildman–Crippen MR) is 164 cm³/mol. The van der Waals surface area contributed by atoms with Gasteiger partial charge in [-0.15, -0.1) is 0 Å². The minimum absolute atomic E-state index is 0.288. The number of nitrogens with zero attached hydrogens (tertiary/aromatic N) is 4. The molecule has 0 saturated carbocycles. The lowest BCUT2D eigenvalue weighted by Gasteiger charge is -2.31. The Bertz CT molecular complexity index is 1130. The van der Waals surface area contributed by atoms with E-state index in [0.717, 1.165) is 63.0 Å². The molecule has 6 heteroatoms. The fraction of sp³-hybridized carbons (Fsp3) is 0.500. The standard InChI is InChI=1S/C34H46N4O2/c1-5-9-23-37(24-10-6-2)29-17-13-27(14-18-29)34(32-31(33(39)40-34)35-21-22-36-32)28-15-19-30(20-16-28)38(25-11-7-3)26-12-8-4/h13-22H,5-12,23-26H2,1-4H3. The molecule has 1 aliphatic rings. The molecule has 1 aromatic heterocycles. The second-order valence-corrected chi connectivity index (χ2v) is 10.8. The number of hydrogen-bond donors (Lipinski definition) is 0. The highest BCUT2D eigenvalue weighted by atomic mass is 16.6. The lowest BCUT2D eigenvalue weighted by Crippen LogP contribution is -2.31. The summed E-state index contributed by atoms with van der Waals surface area (Å²) in [5.74, 6) is -0.434. The van der Waals surface area contributed by atoms with Crippen molar-refractivity contribution in [2.45, 2.75) is 84.7 Å². The lowest BCUT2D eigenvalue weighted by molar-refractivity contribution is 0.0241. The molecule has 1 aliphatic heterocycles. The number of rotatable bonds is 16. The number of benzene rings is 2. The number of carbonyl (C=O) groups is 1. The third kappa shape index (κ3) is 6.32. The number of ether oxygens (including phenoxy) is 1. The first kappa shape index (κ1) is 29.6. The molecule has 0 radical (unpaired) electrons. The molecule has 0 fully saturated rings. The molecule has 3 aromatic rings. The Kier molecular flexibility index (Phi) is 10.6. The number of fused-ring (bicyclic) bond motifs is 1. The molecule has 0 unspecified atom stereocenters. The van der Waals surface area contributed by atoms with Crippen molar-refractivity contribution in [2.75, 3.05) is 36.0 Å². The van der Waals surface area contributed by atoms with Gasteiger partial charge in [0.1, 0.15) is 5.69 Å². The van der Waals surface area contributed by atoms with Crippen LogP contribution in [0.4, 0.5) is 11.4 Å². The molecular weight excluding hydrogens is 496 g/mol. The summed E-state index contributed by atoms with van der Waals surface area (Å²) in [7, 11) is 0. The van der Waals surface area contributed by atoms with Crippen LogP contribution in [0.25, 0.3) is 0 Å². The summed E-state index contributed by atoms with van der Waals surface area (Å²) in [6, 6.07) is 17.0. The number of unbranched alkanes of at least 4 members (excludes halogenated alkanes) is 4. The predicted octanol–water partition coefficient (Wildman–Crippen LogP) is 7.75. The van der Waals surface area contributed by atoms with Gasteiger partial charge in [-0.1, -0.05) is 77.6 Å². The molecule has 2 heterocycles. The van der Waals surface area contributed by atoms with Gasteiger partial charge in [0.15, 0.2) is 5.69 Å². The molecule has 0 N–H and O–H groups in total. The molecule has 6 nitrogen and oxygen atoms in total. The van der Waals surface area contributed by atoms with Crippen molar-refractivity contribution in [2.24, 2.45) is 0 Å². The van der Waals surface area contributed by atoms with Gasteiger partial charge in [-0.3, -0.25) is 4.98 Å². The summed E-state index contributed by atoms with van der Waals surface area (Å²) < 4.78 is 6.26. The largest absolute Gasteiger partial charge is 0.438 e. The van der Waals surface area contributed by atoms with Crippen molar-refractivity contribution in [3.63, 3.8) is 0 Å². The average molecular weight is 543 g/mol. The van der Waals surface area contributed by atoms with Crippen LogP contribution >= 0.6 is 0 Å². The van der Waals surface area contributed by atoms with Gasteiger partial charge in [0.05, 0.1) is 0 Å². The highest BCUT2D eigenvalue weighted by molar-refractivity contribution is 5.93. The quantitative estimate of drug-likeness (QED) is 0.172. The molecule has 0 spiro atoms. The minimum atomic E-state index is -1.13. The number of esters is 1. The third-order valence-corrected chi connectivity index (χ3v) is 7.88. The van der Waals surface area contributed by atoms with Gasteiger partial charge in [0.2, 0.25) is 5.60 Å². The molecule has 0 atom stereocenters. The third-order valence-electron chi connectivity index (χ3n) is 7.88. The number of anilines is 2. The van der Waals surface area contributed by atoms with Crippen LogP contribution in [0.3, 0.4) is 0 Å². The molecule has 0 saturated heterocycles. The van der Waals surface area contributed by atoms with Crippen LogP contribution in [0.1, 0.15) is 106 Å². The van der Waals surface area contributed by atoms with Crippen LogP contribution in [-0.2, 0) is 10.3 Å². The summed E-state index contributed by atoms with van der Waals surface area (Å²) in [6.45, 7) is 13.1. The maximum atomic E-state index is 13.1. The van der Waals surface area contributed by atoms with Crippen LogP contribution in [0.2, 0.25) is 0 Å². The number of carbonyl (C=O) groups excluding carboxylic acids is 1. The van der Waals surface area contributed by atoms with E-state index in [1.165, 1.54) is 37.1 Å². The topological polar surface area (TPSA) is 58.6 Å². The Morgan fingerprint density at radius 3 is 1.43 bits per heavy atom. The Balaban J connectivity index is 1.74. The Morgan fingerprint density at radius 1 is 0.625 bits per heavy atom. The SMILES string of the molecule is CCCCN(CCCC)c1ccc(C2(c3ccc(N(CCCC)CCCC)cc3)OC(=O)c3nccnc32)cc1. The summed E-state index contributed by atoms with van der Waals surface area (Å²) in [5, 5.41) is 0. The molecule has 0 aliphatic carbocycles. The van der Waals surface area contributed by atoms with Gasteiger partial charge >= 0.3 is 5.97 Å². The molecule has 2 aromatic carbocycles. The minimum Gasteiger partial charge on any atom is -0.438 e. The first-order valence-corrected chi connectivity index (χ1v) is 15.3. The van der Waals surface area contributed by atoms with Gasteiger partial charge < -0.3 is 14.5 Å². The zero-order chi connectivity index (χ0) is 28.4. The van der Waals surface area contributed by atoms with E-state index in [0.29, 0.717) is 5.69 Å². The highest BCUT2D eigenvalue weighted by Crippen LogP contribution is 2.46. The number of cyclic esters (lactones) is 1. The van der Waals surface area contributed by atoms with Crippen LogP contribution < -0.4 is 9.80 Å². The first-order valence-electron chi connectivity index (χ1n) is 15.3. The van der Waals surface area contributed by atoms with Crippen molar-refractivity contribution in [3.05, 3.63) is 83.4 Å². The van der Waals surface area contributed by atoms with Crippen LogP contribution in [0.5, 0.6) is 0 Å². The van der Waals surface area contributed by atoms with Crippen molar-refractivity contribution in [1.82, 2.24) is 9.97 Å². The maximum Gasteiger partial charge on any atom is 0.360 e. The second kappa shape index (κ2) is 14.3. The molecule has 214 valence electrons. The first-order chi connectivity index (χ1) is 19.6. The Hall–Kier alpha value is -3.41. The fourth-order valence-corrected chi connectivity index (χ4v) is 5.49. The van der Waals surface area contributed by atoms with E-state index in [2.05, 4.69) is 96.0 Å². The van der Waals surface area contributed by atoms with Crippen LogP contribution in [0.15, 0.2) is 60.9 Å². The van der Waals surface area contributed by atoms with Crippen molar-refractivity contribution < 1.29 is 9.53 Å². The van der Waals surface area contributed by atoms with E-state index in [1.54, 1.807) is 12.4 Å². The van der Waals surface area contributed by atoms with Crippen LogP contribution in [0, 0.1) is 0 Å². The van der Waals surface area contributed by atoms with Gasteiger partial charge in [-0.2, -0.15) is 0 Å². The molecular formula is C34H46N4O2. The van der Waals surface area contributed by atoms with Crippen molar-refractivity contribution in [1.29, 1.82) is 0 Å². The Labute approximate surface area is 240 Å². The monoisotopic (exact) mass is 542 g/mol. The van der Waals surface area contributed by atoms with Gasteiger partial charge in [0.25, 0.3) is 0 Å². The van der Waals surface area contributed by atoms with Crippen molar-refractivity contribution in [3.8, 4) is 0 Å². The zero-order valence-corrected chi connectivity index (χ0v) is 24.9. The van der Waals surface area contributed by atoms with E-state index < -0.39 is 11.6 Å². The van der Waals surface area contributed by atoms with E-state index in [4.69, 9.17) is 4.74 Å². The fourth-order valence-electron chi connectivity index (χ4n) is 5.49. The average Bonchev–Trinajstić information content (AvgIpc) is 3.31. The summed E-state index contributed by atoms with van der Waals surface area (Å²) in [6.07, 6.45) is 12.5. The highest BCUT2D eigenvalue weighted by Gasteiger charge is 2.51. The van der Waals surface area contributed by atoms with Gasteiger partial charge in [-0.05, 0) is 49.9 Å². The van der Waals surface area contributed by atoms with Gasteiger partial charge in [0, 0.05) is 61.1 Å². The van der Waals surface area contributed by atoms with E-state index in [1.807, 2.05) is 0 Å². The normalized spacial score (nSPS) is 13.7. The summed E-state index contributed by atoms with van der Waals surface area (Å²) >= 11 is 0. The molecule has 0 bridgehead atoms. The number of hydrogen-bond acceptors (Lipinski definition) is 6. The van der Waals surface area contributed by atoms with E-state index in [9.17, 15) is 4.79 Å². The van der Waals surface area contributed by atoms with Gasteiger partial charge in [-0.25, -0.2) is 9.78 Å². The van der Waals surface area contributed by atoms with E-state index >= 15 is 0 Å². The number of aromatic nitrogens is 2. The van der Waals surface area contributed by atoms with Crippen molar-refractivity contribution >= 4 is 17.3 Å². The van der Waals surface area contributed by atoms with Crippen LogP contribution in [-0.4, -0.2) is 42.1 Å². The molecule has 40 heavy (non-hydrogen) atoms. The molecule has 4 rings (SSSR count). The second-order valence-electron chi connectivity index (χ2n) is 10.8. The zero-order valence-electron chi connectivity index (χ0n) is 24.9. The summed E-state index contributed by atoms with van der Waals surface area (Å²) in [5.41, 5.74) is 3.88. The smallest absolute Gasteiger partial charge is 0.360 e.